The van der Waals surface area contributed by atoms with Gasteiger partial charge in [-0.3, -0.25) is 0 Å². The van der Waals surface area contributed by atoms with Gasteiger partial charge in [-0.05, 0) is 0 Å². The largest absolute Gasteiger partial charge is 0.394 e. The van der Waals surface area contributed by atoms with E-state index < -0.39 is 24.9 Å². The minimum absolute atomic E-state index is 0.254. The number of hydrogen-bond donors (Lipinski definition) is 3. The number of ether oxygens (including phenoxy) is 2. The average Bonchev–Trinajstić information content (AvgIpc) is 2.87. The predicted octanol–water partition coefficient (Wildman–Crippen LogP) is -1.89. The Balaban J connectivity index is 2.41. The van der Waals surface area contributed by atoms with Gasteiger partial charge < -0.3 is 24.8 Å². The molecule has 1 saturated heterocycles. The van der Waals surface area contributed by atoms with E-state index in [2.05, 4.69) is 0 Å². The zero-order valence-electron chi connectivity index (χ0n) is 6.88. The normalized spacial score (nSPS) is 29.5. The molecular formula is C7H14O5. The van der Waals surface area contributed by atoms with Crippen LogP contribution in [0.4, 0.5) is 0 Å². The summed E-state index contributed by atoms with van der Waals surface area (Å²) in [6.07, 6.45) is -2.95. The maximum absolute atomic E-state index is 9.43. The summed E-state index contributed by atoms with van der Waals surface area (Å²) < 4.78 is 9.65. The van der Waals surface area contributed by atoms with Gasteiger partial charge in [-0.2, -0.15) is 0 Å². The van der Waals surface area contributed by atoms with Crippen molar-refractivity contribution >= 4 is 0 Å². The van der Waals surface area contributed by atoms with Gasteiger partial charge in [0.1, 0.15) is 24.4 Å². The second kappa shape index (κ2) is 4.15. The molecule has 0 radical (unpaired) electrons. The van der Waals surface area contributed by atoms with Crippen molar-refractivity contribution in [1.82, 2.24) is 0 Å². The van der Waals surface area contributed by atoms with Gasteiger partial charge in [-0.15, -0.1) is 0 Å². The molecule has 1 heterocycles. The topological polar surface area (TPSA) is 82.5 Å². The van der Waals surface area contributed by atoms with Crippen molar-refractivity contribution in [3.8, 4) is 0 Å². The third-order valence-electron chi connectivity index (χ3n) is 1.92. The van der Waals surface area contributed by atoms with Gasteiger partial charge in [0.2, 0.25) is 0 Å². The molecule has 0 saturated carbocycles. The molecule has 12 heavy (non-hydrogen) atoms. The second-order valence-corrected chi connectivity index (χ2v) is 2.81. The quantitative estimate of drug-likeness (QED) is 0.429. The van der Waals surface area contributed by atoms with Crippen LogP contribution < -0.4 is 0 Å². The van der Waals surface area contributed by atoms with Crippen molar-refractivity contribution in [2.24, 2.45) is 0 Å². The van der Waals surface area contributed by atoms with Crippen LogP contribution in [0, 0.1) is 0 Å². The summed E-state index contributed by atoms with van der Waals surface area (Å²) in [7, 11) is 1.37. The fraction of sp³-hybridized carbons (Fsp3) is 1.00. The van der Waals surface area contributed by atoms with Gasteiger partial charge in [0.25, 0.3) is 0 Å². The summed E-state index contributed by atoms with van der Waals surface area (Å²) in [5.41, 5.74) is 0. The molecule has 0 aromatic carbocycles. The Kier molecular flexibility index (Phi) is 3.42. The zero-order chi connectivity index (χ0) is 9.14. The molecule has 5 nitrogen and oxygen atoms in total. The molecule has 0 spiro atoms. The minimum atomic E-state index is -1.06. The summed E-state index contributed by atoms with van der Waals surface area (Å²) in [5.74, 6) is 0. The summed E-state index contributed by atoms with van der Waals surface area (Å²) >= 11 is 0. The highest BCUT2D eigenvalue weighted by atomic mass is 16.6. The third-order valence-corrected chi connectivity index (χ3v) is 1.92. The van der Waals surface area contributed by atoms with E-state index in [9.17, 15) is 10.2 Å². The molecule has 0 aliphatic carbocycles. The van der Waals surface area contributed by atoms with E-state index in [0.717, 1.165) is 0 Å². The van der Waals surface area contributed by atoms with Crippen LogP contribution in [0.25, 0.3) is 0 Å². The highest BCUT2D eigenvalue weighted by molar-refractivity contribution is 4.88. The Morgan fingerprint density at radius 1 is 1.58 bits per heavy atom. The summed E-state index contributed by atoms with van der Waals surface area (Å²) in [6.45, 7) is 0.0570. The maximum atomic E-state index is 9.43. The van der Waals surface area contributed by atoms with Gasteiger partial charge in [0.15, 0.2) is 0 Å². The van der Waals surface area contributed by atoms with Crippen LogP contribution in [-0.2, 0) is 9.47 Å². The molecule has 1 rings (SSSR count). The highest BCUT2D eigenvalue weighted by Gasteiger charge is 2.39. The van der Waals surface area contributed by atoms with Crippen LogP contribution in [0.3, 0.4) is 0 Å². The van der Waals surface area contributed by atoms with E-state index in [-0.39, 0.29) is 6.10 Å². The Labute approximate surface area is 70.5 Å². The monoisotopic (exact) mass is 178 g/mol. The van der Waals surface area contributed by atoms with Crippen molar-refractivity contribution in [2.45, 2.75) is 24.4 Å². The van der Waals surface area contributed by atoms with Gasteiger partial charge in [0.05, 0.1) is 13.2 Å². The van der Waals surface area contributed by atoms with Gasteiger partial charge in [0, 0.05) is 7.11 Å². The lowest BCUT2D eigenvalue weighted by Gasteiger charge is -2.23. The fourth-order valence-corrected chi connectivity index (χ4v) is 1.09. The minimum Gasteiger partial charge on any atom is -0.394 e. The van der Waals surface area contributed by atoms with Gasteiger partial charge in [-0.1, -0.05) is 0 Å². The lowest BCUT2D eigenvalue weighted by molar-refractivity contribution is -0.102. The van der Waals surface area contributed by atoms with Crippen LogP contribution >= 0.6 is 0 Å². The number of aliphatic hydroxyl groups excluding tert-OH is 3. The van der Waals surface area contributed by atoms with Crippen molar-refractivity contribution in [1.29, 1.82) is 0 Å². The fourth-order valence-electron chi connectivity index (χ4n) is 1.09. The lowest BCUT2D eigenvalue weighted by Crippen LogP contribution is -2.43. The first-order chi connectivity index (χ1) is 5.70. The van der Waals surface area contributed by atoms with E-state index in [1.165, 1.54) is 7.11 Å². The lowest BCUT2D eigenvalue weighted by atomic mass is 10.1. The third kappa shape index (κ3) is 2.15. The molecule has 4 atom stereocenters. The van der Waals surface area contributed by atoms with Crippen LogP contribution in [0.5, 0.6) is 0 Å². The molecule has 0 aromatic rings. The Morgan fingerprint density at radius 2 is 2.17 bits per heavy atom. The summed E-state index contributed by atoms with van der Waals surface area (Å²) in [5, 5.41) is 27.2. The Hall–Kier alpha value is -0.200. The van der Waals surface area contributed by atoms with E-state index in [1.807, 2.05) is 0 Å². The van der Waals surface area contributed by atoms with Crippen molar-refractivity contribution in [2.75, 3.05) is 20.3 Å². The molecule has 1 aliphatic rings. The first kappa shape index (κ1) is 9.88. The molecule has 0 aromatic heterocycles. The van der Waals surface area contributed by atoms with Gasteiger partial charge in [-0.25, -0.2) is 0 Å². The molecule has 0 bridgehead atoms. The Bertz CT molecular complexity index is 136. The molecule has 0 amide bonds. The predicted molar refractivity (Wildman–Crippen MR) is 39.6 cm³/mol. The standard InChI is InChI=1S/C7H14O5/c1-11-7(4(9)2-8)6(10)5-3-12-5/h4-10H,2-3H2,1H3. The van der Waals surface area contributed by atoms with E-state index in [1.54, 1.807) is 0 Å². The van der Waals surface area contributed by atoms with E-state index in [0.29, 0.717) is 6.61 Å². The molecule has 5 heteroatoms. The number of epoxide rings is 1. The number of methoxy groups -OCH3 is 1. The van der Waals surface area contributed by atoms with Crippen molar-refractivity contribution < 1.29 is 24.8 Å². The summed E-state index contributed by atoms with van der Waals surface area (Å²) in [6, 6.07) is 0. The highest BCUT2D eigenvalue weighted by Crippen LogP contribution is 2.19. The number of aliphatic hydroxyl groups is 3. The SMILES string of the molecule is COC(C(O)CO)C(O)C1CO1. The smallest absolute Gasteiger partial charge is 0.114 e. The first-order valence-electron chi connectivity index (χ1n) is 3.82. The van der Waals surface area contributed by atoms with Gasteiger partial charge >= 0.3 is 0 Å². The van der Waals surface area contributed by atoms with E-state index in [4.69, 9.17) is 14.6 Å². The van der Waals surface area contributed by atoms with Crippen LogP contribution in [0.15, 0.2) is 0 Å². The molecular weight excluding hydrogens is 164 g/mol. The summed E-state index contributed by atoms with van der Waals surface area (Å²) in [4.78, 5) is 0. The number of hydrogen-bond acceptors (Lipinski definition) is 5. The van der Waals surface area contributed by atoms with Crippen molar-refractivity contribution in [3.63, 3.8) is 0 Å². The second-order valence-electron chi connectivity index (χ2n) is 2.81. The molecule has 1 aliphatic heterocycles. The molecule has 4 unspecified atom stereocenters. The van der Waals surface area contributed by atoms with E-state index >= 15 is 0 Å². The average molecular weight is 178 g/mol. The van der Waals surface area contributed by atoms with Crippen LogP contribution in [0.1, 0.15) is 0 Å². The zero-order valence-corrected chi connectivity index (χ0v) is 6.88. The number of rotatable bonds is 5. The van der Waals surface area contributed by atoms with Crippen molar-refractivity contribution in [3.05, 3.63) is 0 Å². The Morgan fingerprint density at radius 3 is 2.50 bits per heavy atom. The van der Waals surface area contributed by atoms with Crippen LogP contribution in [0.2, 0.25) is 0 Å². The first-order valence-corrected chi connectivity index (χ1v) is 3.82. The molecule has 72 valence electrons. The molecule has 1 fully saturated rings. The maximum Gasteiger partial charge on any atom is 0.114 e. The van der Waals surface area contributed by atoms with Crippen LogP contribution in [-0.4, -0.2) is 60.1 Å². The molecule has 3 N–H and O–H groups in total.